The van der Waals surface area contributed by atoms with Crippen molar-refractivity contribution in [1.82, 2.24) is 5.32 Å². The molecule has 0 aliphatic carbocycles. The first-order valence-corrected chi connectivity index (χ1v) is 12.1. The quantitative estimate of drug-likeness (QED) is 0.315. The summed E-state index contributed by atoms with van der Waals surface area (Å²) in [6.07, 6.45) is 1.68. The Morgan fingerprint density at radius 1 is 1.03 bits per heavy atom. The Morgan fingerprint density at radius 3 is 2.54 bits per heavy atom. The van der Waals surface area contributed by atoms with Gasteiger partial charge >= 0.3 is 0 Å². The lowest BCUT2D eigenvalue weighted by molar-refractivity contribution is -0.118. The molecule has 37 heavy (non-hydrogen) atoms. The van der Waals surface area contributed by atoms with Crippen molar-refractivity contribution in [2.24, 2.45) is 0 Å². The number of carbonyl (C=O) groups excluding carboxylic acids is 2. The monoisotopic (exact) mass is 517 g/mol. The van der Waals surface area contributed by atoms with Crippen LogP contribution in [0.1, 0.15) is 18.1 Å². The lowest BCUT2D eigenvalue weighted by Crippen LogP contribution is -2.30. The van der Waals surface area contributed by atoms with Crippen LogP contribution in [0.15, 0.2) is 72.4 Å². The summed E-state index contributed by atoms with van der Waals surface area (Å²) in [4.78, 5) is 27.0. The van der Waals surface area contributed by atoms with Gasteiger partial charge in [-0.1, -0.05) is 36.4 Å². The SMILES string of the molecule is CCOc1ccccc1N1C(=O)/C(=C\c2ccc(OCC(=O)Nc3ccccc3C)c(OC)c2)NC1=S. The van der Waals surface area contributed by atoms with Gasteiger partial charge in [0.05, 0.1) is 19.4 Å². The summed E-state index contributed by atoms with van der Waals surface area (Å²) in [6, 6.07) is 19.9. The normalized spacial score (nSPS) is 13.9. The fraction of sp³-hybridized carbons (Fsp3) is 0.179. The van der Waals surface area contributed by atoms with Crippen molar-refractivity contribution in [3.8, 4) is 17.2 Å². The van der Waals surface area contributed by atoms with Crippen LogP contribution in [-0.2, 0) is 9.59 Å². The van der Waals surface area contributed by atoms with Crippen LogP contribution in [0, 0.1) is 6.92 Å². The van der Waals surface area contributed by atoms with Gasteiger partial charge in [0.15, 0.2) is 23.2 Å². The molecule has 9 heteroatoms. The fourth-order valence-electron chi connectivity index (χ4n) is 3.78. The van der Waals surface area contributed by atoms with Gasteiger partial charge in [0.25, 0.3) is 11.8 Å². The Bertz CT molecular complexity index is 1370. The number of rotatable bonds is 9. The van der Waals surface area contributed by atoms with Gasteiger partial charge in [0.2, 0.25) is 0 Å². The Kier molecular flexibility index (Phi) is 8.05. The molecule has 2 amide bonds. The maximum absolute atomic E-state index is 13.2. The first-order valence-electron chi connectivity index (χ1n) is 11.7. The Labute approximate surface area is 220 Å². The number of nitrogens with zero attached hydrogens (tertiary/aromatic N) is 1. The molecule has 0 unspecified atom stereocenters. The average Bonchev–Trinajstić information content (AvgIpc) is 3.17. The van der Waals surface area contributed by atoms with Crippen molar-refractivity contribution in [2.45, 2.75) is 13.8 Å². The molecule has 4 rings (SSSR count). The number of para-hydroxylation sites is 3. The largest absolute Gasteiger partial charge is 0.493 e. The highest BCUT2D eigenvalue weighted by molar-refractivity contribution is 7.80. The van der Waals surface area contributed by atoms with Gasteiger partial charge in [-0.3, -0.25) is 9.59 Å². The predicted octanol–water partition coefficient (Wildman–Crippen LogP) is 4.68. The number of carbonyl (C=O) groups is 2. The summed E-state index contributed by atoms with van der Waals surface area (Å²) >= 11 is 5.43. The molecule has 0 radical (unpaired) electrons. The summed E-state index contributed by atoms with van der Waals surface area (Å²) < 4.78 is 16.8. The number of methoxy groups -OCH3 is 1. The van der Waals surface area contributed by atoms with Gasteiger partial charge < -0.3 is 24.8 Å². The molecule has 1 aliphatic rings. The number of benzene rings is 3. The van der Waals surface area contributed by atoms with E-state index >= 15 is 0 Å². The van der Waals surface area contributed by atoms with E-state index in [4.69, 9.17) is 26.4 Å². The second-order valence-corrected chi connectivity index (χ2v) is 8.48. The number of hydrogen-bond donors (Lipinski definition) is 2. The van der Waals surface area contributed by atoms with Crippen LogP contribution in [0.3, 0.4) is 0 Å². The lowest BCUT2D eigenvalue weighted by atomic mass is 10.1. The van der Waals surface area contributed by atoms with Crippen LogP contribution in [0.4, 0.5) is 11.4 Å². The van der Waals surface area contributed by atoms with Gasteiger partial charge in [-0.15, -0.1) is 0 Å². The molecule has 190 valence electrons. The van der Waals surface area contributed by atoms with Crippen LogP contribution in [0.2, 0.25) is 0 Å². The highest BCUT2D eigenvalue weighted by Gasteiger charge is 2.33. The average molecular weight is 518 g/mol. The second kappa shape index (κ2) is 11.6. The number of amides is 2. The topological polar surface area (TPSA) is 89.1 Å². The molecule has 0 spiro atoms. The van der Waals surface area contributed by atoms with Gasteiger partial charge in [0, 0.05) is 5.69 Å². The van der Waals surface area contributed by atoms with E-state index in [9.17, 15) is 9.59 Å². The van der Waals surface area contributed by atoms with E-state index in [0.29, 0.717) is 40.8 Å². The van der Waals surface area contributed by atoms with E-state index in [2.05, 4.69) is 10.6 Å². The molecule has 1 aliphatic heterocycles. The predicted molar refractivity (Wildman–Crippen MR) is 147 cm³/mol. The van der Waals surface area contributed by atoms with E-state index in [1.165, 1.54) is 12.0 Å². The number of aryl methyl sites for hydroxylation is 1. The van der Waals surface area contributed by atoms with Gasteiger partial charge in [-0.05, 0) is 73.6 Å². The molecule has 1 saturated heterocycles. The van der Waals surface area contributed by atoms with Crippen molar-refractivity contribution in [1.29, 1.82) is 0 Å². The Hall–Kier alpha value is -4.37. The zero-order valence-corrected chi connectivity index (χ0v) is 21.6. The molecule has 3 aromatic carbocycles. The van der Waals surface area contributed by atoms with E-state index < -0.39 is 0 Å². The zero-order chi connectivity index (χ0) is 26.4. The fourth-order valence-corrected chi connectivity index (χ4v) is 4.07. The first kappa shape index (κ1) is 25.7. The summed E-state index contributed by atoms with van der Waals surface area (Å²) in [5.41, 5.74) is 3.26. The van der Waals surface area contributed by atoms with Gasteiger partial charge in [0.1, 0.15) is 11.4 Å². The number of nitrogens with one attached hydrogen (secondary N) is 2. The Balaban J connectivity index is 1.48. The van der Waals surface area contributed by atoms with Crippen molar-refractivity contribution < 1.29 is 23.8 Å². The lowest BCUT2D eigenvalue weighted by Gasteiger charge is -2.17. The van der Waals surface area contributed by atoms with Crippen molar-refractivity contribution >= 4 is 46.6 Å². The third-order valence-corrected chi connectivity index (χ3v) is 5.85. The number of ether oxygens (including phenoxy) is 3. The van der Waals surface area contributed by atoms with Crippen LogP contribution >= 0.6 is 12.2 Å². The van der Waals surface area contributed by atoms with Crippen molar-refractivity contribution in [3.63, 3.8) is 0 Å². The molecule has 1 heterocycles. The van der Waals surface area contributed by atoms with Crippen molar-refractivity contribution in [2.75, 3.05) is 30.5 Å². The third-order valence-electron chi connectivity index (χ3n) is 5.56. The molecular weight excluding hydrogens is 490 g/mol. The Morgan fingerprint density at radius 2 is 1.78 bits per heavy atom. The smallest absolute Gasteiger partial charge is 0.281 e. The van der Waals surface area contributed by atoms with E-state index in [0.717, 1.165) is 11.3 Å². The van der Waals surface area contributed by atoms with Gasteiger partial charge in [-0.25, -0.2) is 4.90 Å². The second-order valence-electron chi connectivity index (χ2n) is 8.09. The minimum atomic E-state index is -0.302. The molecular formula is C28H27N3O5S. The molecule has 0 bridgehead atoms. The molecule has 0 saturated carbocycles. The summed E-state index contributed by atoms with van der Waals surface area (Å²) in [5.74, 6) is 0.801. The molecule has 0 atom stereocenters. The van der Waals surface area contributed by atoms with E-state index in [1.807, 2.05) is 50.2 Å². The maximum atomic E-state index is 13.2. The molecule has 1 fully saturated rings. The van der Waals surface area contributed by atoms with Crippen LogP contribution in [-0.4, -0.2) is 37.3 Å². The third kappa shape index (κ3) is 5.90. The van der Waals surface area contributed by atoms with E-state index in [1.54, 1.807) is 36.4 Å². The van der Waals surface area contributed by atoms with Crippen LogP contribution in [0.5, 0.6) is 17.2 Å². The van der Waals surface area contributed by atoms with E-state index in [-0.39, 0.29) is 23.5 Å². The number of thiocarbonyl (C=S) groups is 1. The maximum Gasteiger partial charge on any atom is 0.281 e. The molecule has 0 aromatic heterocycles. The zero-order valence-electron chi connectivity index (χ0n) is 20.7. The van der Waals surface area contributed by atoms with Gasteiger partial charge in [-0.2, -0.15) is 0 Å². The minimum Gasteiger partial charge on any atom is -0.493 e. The van der Waals surface area contributed by atoms with Crippen LogP contribution < -0.4 is 29.7 Å². The number of anilines is 2. The summed E-state index contributed by atoms with van der Waals surface area (Å²) in [6.45, 7) is 4.07. The molecule has 3 aromatic rings. The molecule has 2 N–H and O–H groups in total. The molecule has 8 nitrogen and oxygen atoms in total. The number of hydrogen-bond acceptors (Lipinski definition) is 6. The van der Waals surface area contributed by atoms with Crippen LogP contribution in [0.25, 0.3) is 6.08 Å². The summed E-state index contributed by atoms with van der Waals surface area (Å²) in [7, 11) is 1.51. The minimum absolute atomic E-state index is 0.187. The first-order chi connectivity index (χ1) is 17.9. The van der Waals surface area contributed by atoms with Crippen molar-refractivity contribution in [3.05, 3.63) is 83.6 Å². The highest BCUT2D eigenvalue weighted by atomic mass is 32.1. The summed E-state index contributed by atoms with van der Waals surface area (Å²) in [5, 5.41) is 6.07. The highest BCUT2D eigenvalue weighted by Crippen LogP contribution is 2.33. The standard InChI is InChI=1S/C28H27N3O5S/c1-4-35-23-12-8-7-11-22(23)31-27(33)21(30-28(31)37)15-19-13-14-24(25(16-19)34-3)36-17-26(32)29-20-10-6-5-9-18(20)2/h5-16H,4,17H2,1-3H3,(H,29,32)(H,30,37)/b21-15+.